The predicted molar refractivity (Wildman–Crippen MR) is 127 cm³/mol. The summed E-state index contributed by atoms with van der Waals surface area (Å²) in [6.45, 7) is 6.89. The number of anilines is 1. The lowest BCUT2D eigenvalue weighted by atomic mass is 9.92. The molecular weight excluding hydrogens is 415 g/mol. The van der Waals surface area contributed by atoms with Crippen LogP contribution in [0.4, 0.5) is 10.2 Å². The van der Waals surface area contributed by atoms with Crippen LogP contribution in [0.5, 0.6) is 0 Å². The Balaban J connectivity index is 1.35. The van der Waals surface area contributed by atoms with Crippen LogP contribution >= 0.6 is 0 Å². The van der Waals surface area contributed by atoms with Crippen molar-refractivity contribution in [1.29, 1.82) is 0 Å². The number of nitrogens with zero attached hydrogens (tertiary/aromatic N) is 6. The number of rotatable bonds is 5. The maximum Gasteiger partial charge on any atom is 0.182 e. The Labute approximate surface area is 194 Å². The van der Waals surface area contributed by atoms with E-state index in [9.17, 15) is 4.39 Å². The molecule has 172 valence electrons. The molecule has 1 aromatic carbocycles. The van der Waals surface area contributed by atoms with Gasteiger partial charge in [0.15, 0.2) is 5.82 Å². The zero-order valence-electron chi connectivity index (χ0n) is 19.2. The lowest BCUT2D eigenvalue weighted by Crippen LogP contribution is -2.34. The highest BCUT2D eigenvalue weighted by atomic mass is 19.1. The van der Waals surface area contributed by atoms with Gasteiger partial charge in [-0.15, -0.1) is 0 Å². The molecule has 0 atom stereocenters. The van der Waals surface area contributed by atoms with E-state index in [0.717, 1.165) is 62.0 Å². The molecule has 0 N–H and O–H groups in total. The van der Waals surface area contributed by atoms with Crippen LogP contribution in [0.25, 0.3) is 11.5 Å². The normalized spacial score (nSPS) is 18.5. The fraction of sp³-hybridized carbons (Fsp3) is 0.462. The molecule has 0 radical (unpaired) electrons. The molecule has 0 amide bonds. The molecule has 0 aliphatic carbocycles. The maximum absolute atomic E-state index is 14.1. The van der Waals surface area contributed by atoms with Crippen LogP contribution in [0.2, 0.25) is 0 Å². The summed E-state index contributed by atoms with van der Waals surface area (Å²) in [5.41, 5.74) is 2.57. The van der Waals surface area contributed by atoms with E-state index < -0.39 is 0 Å². The van der Waals surface area contributed by atoms with Gasteiger partial charge < -0.3 is 4.90 Å². The summed E-state index contributed by atoms with van der Waals surface area (Å²) in [5, 5.41) is 0. The van der Waals surface area contributed by atoms with Crippen molar-refractivity contribution in [3.05, 3.63) is 66.0 Å². The summed E-state index contributed by atoms with van der Waals surface area (Å²) in [7, 11) is 0. The molecule has 4 heterocycles. The van der Waals surface area contributed by atoms with Crippen LogP contribution in [0, 0.1) is 11.7 Å². The second-order valence-electron chi connectivity index (χ2n) is 9.38. The van der Waals surface area contributed by atoms with E-state index in [4.69, 9.17) is 9.97 Å². The highest BCUT2D eigenvalue weighted by Gasteiger charge is 2.25. The van der Waals surface area contributed by atoms with Crippen LogP contribution in [0.15, 0.2) is 48.9 Å². The Morgan fingerprint density at radius 1 is 0.970 bits per heavy atom. The third kappa shape index (κ3) is 5.19. The fourth-order valence-electron chi connectivity index (χ4n) is 4.84. The van der Waals surface area contributed by atoms with Crippen LogP contribution in [-0.4, -0.2) is 51.0 Å². The summed E-state index contributed by atoms with van der Waals surface area (Å²) < 4.78 is 14.1. The maximum atomic E-state index is 14.1. The number of hydrogen-bond donors (Lipinski definition) is 0. The zero-order valence-corrected chi connectivity index (χ0v) is 19.2. The topological polar surface area (TPSA) is 58.0 Å². The van der Waals surface area contributed by atoms with Crippen molar-refractivity contribution >= 4 is 5.82 Å². The third-order valence-corrected chi connectivity index (χ3v) is 6.99. The van der Waals surface area contributed by atoms with Gasteiger partial charge in [-0.05, 0) is 50.8 Å². The molecule has 2 aliphatic rings. The second-order valence-corrected chi connectivity index (χ2v) is 9.38. The predicted octanol–water partition coefficient (Wildman–Crippen LogP) is 4.69. The average Bonchev–Trinajstić information content (AvgIpc) is 2.87. The van der Waals surface area contributed by atoms with Gasteiger partial charge in [0.25, 0.3) is 0 Å². The molecule has 6 nitrogen and oxygen atoms in total. The van der Waals surface area contributed by atoms with Crippen LogP contribution in [-0.2, 0) is 6.54 Å². The molecule has 0 unspecified atom stereocenters. The summed E-state index contributed by atoms with van der Waals surface area (Å²) in [6.07, 6.45) is 9.48. The van der Waals surface area contributed by atoms with Crippen molar-refractivity contribution in [2.75, 3.05) is 31.1 Å². The summed E-state index contributed by atoms with van der Waals surface area (Å²) >= 11 is 0. The molecule has 7 heteroatoms. The van der Waals surface area contributed by atoms with Gasteiger partial charge in [-0.3, -0.25) is 9.88 Å². The van der Waals surface area contributed by atoms with E-state index in [1.54, 1.807) is 30.7 Å². The van der Waals surface area contributed by atoms with Gasteiger partial charge in [-0.1, -0.05) is 25.1 Å². The molecule has 2 aliphatic heterocycles. The van der Waals surface area contributed by atoms with E-state index in [0.29, 0.717) is 24.0 Å². The highest BCUT2D eigenvalue weighted by molar-refractivity contribution is 5.53. The minimum absolute atomic E-state index is 0.121. The van der Waals surface area contributed by atoms with E-state index in [1.807, 2.05) is 12.1 Å². The van der Waals surface area contributed by atoms with Crippen LogP contribution < -0.4 is 4.90 Å². The molecule has 2 fully saturated rings. The number of piperidine rings is 2. The number of benzene rings is 1. The van der Waals surface area contributed by atoms with Gasteiger partial charge in [0.2, 0.25) is 0 Å². The Bertz CT molecular complexity index is 1060. The molecule has 0 bridgehead atoms. The van der Waals surface area contributed by atoms with Gasteiger partial charge in [-0.25, -0.2) is 19.3 Å². The first-order valence-corrected chi connectivity index (χ1v) is 12.0. The third-order valence-electron chi connectivity index (χ3n) is 6.99. The monoisotopic (exact) mass is 446 g/mol. The molecule has 0 spiro atoms. The summed E-state index contributed by atoms with van der Waals surface area (Å²) in [6, 6.07) is 9.26. The minimum Gasteiger partial charge on any atom is -0.356 e. The first-order chi connectivity index (χ1) is 16.2. The molecule has 33 heavy (non-hydrogen) atoms. The number of likely N-dealkylation sites (tertiary alicyclic amines) is 1. The zero-order chi connectivity index (χ0) is 22.6. The van der Waals surface area contributed by atoms with Gasteiger partial charge in [0, 0.05) is 55.3 Å². The molecular formula is C26H31FN6. The van der Waals surface area contributed by atoms with Crippen molar-refractivity contribution in [2.45, 2.75) is 45.1 Å². The van der Waals surface area contributed by atoms with E-state index in [-0.39, 0.29) is 5.82 Å². The highest BCUT2D eigenvalue weighted by Crippen LogP contribution is 2.32. The molecule has 2 saturated heterocycles. The number of halogens is 1. The fourth-order valence-corrected chi connectivity index (χ4v) is 4.84. The van der Waals surface area contributed by atoms with E-state index in [2.05, 4.69) is 32.8 Å². The smallest absolute Gasteiger partial charge is 0.182 e. The van der Waals surface area contributed by atoms with Gasteiger partial charge in [0.05, 0.1) is 6.20 Å². The number of hydrogen-bond acceptors (Lipinski definition) is 6. The minimum atomic E-state index is -0.121. The van der Waals surface area contributed by atoms with Crippen molar-refractivity contribution < 1.29 is 4.39 Å². The Kier molecular flexibility index (Phi) is 6.58. The molecule has 3 aromatic rings. The summed E-state index contributed by atoms with van der Waals surface area (Å²) in [4.78, 5) is 23.2. The van der Waals surface area contributed by atoms with Crippen LogP contribution in [0.1, 0.15) is 49.8 Å². The average molecular weight is 447 g/mol. The lowest BCUT2D eigenvalue weighted by molar-refractivity contribution is 0.201. The van der Waals surface area contributed by atoms with Crippen molar-refractivity contribution in [3.63, 3.8) is 0 Å². The van der Waals surface area contributed by atoms with E-state index in [1.165, 1.54) is 12.8 Å². The van der Waals surface area contributed by atoms with E-state index >= 15 is 0 Å². The van der Waals surface area contributed by atoms with Crippen molar-refractivity contribution in [2.24, 2.45) is 5.92 Å². The first kappa shape index (κ1) is 21.9. The van der Waals surface area contributed by atoms with Crippen molar-refractivity contribution in [1.82, 2.24) is 24.8 Å². The first-order valence-electron chi connectivity index (χ1n) is 12.0. The Morgan fingerprint density at radius 2 is 1.76 bits per heavy atom. The molecule has 2 aromatic heterocycles. The number of aromatic nitrogens is 4. The second kappa shape index (κ2) is 9.91. The Hall–Kier alpha value is -2.93. The van der Waals surface area contributed by atoms with Gasteiger partial charge >= 0.3 is 0 Å². The largest absolute Gasteiger partial charge is 0.356 e. The van der Waals surface area contributed by atoms with Crippen LogP contribution in [0.3, 0.4) is 0 Å². The Morgan fingerprint density at radius 3 is 2.48 bits per heavy atom. The molecule has 5 rings (SSSR count). The summed E-state index contributed by atoms with van der Waals surface area (Å²) in [5.74, 6) is 2.66. The SMILES string of the molecule is CC1CCN(c2cc(C3CCN(Cc4ccccc4F)CC3)nc(-c3cnccn3)n2)CC1. The molecule has 0 saturated carbocycles. The standard InChI is InChI=1S/C26H31FN6/c1-19-6-14-33(15-7-19)25-16-23(30-26(31-25)24-17-28-10-11-29-24)20-8-12-32(13-9-20)18-21-4-2-3-5-22(21)27/h2-5,10-11,16-17,19-20H,6-9,12-15,18H2,1H3. The lowest BCUT2D eigenvalue weighted by Gasteiger charge is -2.34. The van der Waals surface area contributed by atoms with Crippen molar-refractivity contribution in [3.8, 4) is 11.5 Å². The van der Waals surface area contributed by atoms with Gasteiger partial charge in [0.1, 0.15) is 17.3 Å². The van der Waals surface area contributed by atoms with Gasteiger partial charge in [-0.2, -0.15) is 0 Å². The quantitative estimate of drug-likeness (QED) is 0.567.